The van der Waals surface area contributed by atoms with Crippen LogP contribution in [0.5, 0.6) is 0 Å². The fourth-order valence-corrected chi connectivity index (χ4v) is 4.11. The number of amides is 4. The van der Waals surface area contributed by atoms with E-state index in [0.29, 0.717) is 12.8 Å². The molecule has 210 valence electrons. The third kappa shape index (κ3) is 9.08. The Balaban J connectivity index is 2.31. The quantitative estimate of drug-likeness (QED) is 0.286. The number of H-pyrrole nitrogens is 1. The molecule has 38 heavy (non-hydrogen) atoms. The summed E-state index contributed by atoms with van der Waals surface area (Å²) in [6, 6.07) is 4.83. The van der Waals surface area contributed by atoms with Gasteiger partial charge in [0.1, 0.15) is 23.7 Å². The molecule has 0 spiro atoms. The van der Waals surface area contributed by atoms with E-state index in [1.807, 2.05) is 52.0 Å². The molecule has 0 bridgehead atoms. The number of nitrogens with two attached hydrogens (primary N) is 1. The second-order valence-corrected chi connectivity index (χ2v) is 11.2. The van der Waals surface area contributed by atoms with Crippen LogP contribution in [0.2, 0.25) is 0 Å². The average molecular weight is 530 g/mol. The van der Waals surface area contributed by atoms with Crippen LogP contribution in [0.4, 0.5) is 4.79 Å². The van der Waals surface area contributed by atoms with Crippen LogP contribution in [0.15, 0.2) is 30.5 Å². The predicted molar refractivity (Wildman–Crippen MR) is 147 cm³/mol. The molecule has 1 heterocycles. The van der Waals surface area contributed by atoms with Crippen molar-refractivity contribution in [1.82, 2.24) is 20.9 Å². The molecule has 4 amide bonds. The molecule has 0 aliphatic rings. The Morgan fingerprint density at radius 1 is 0.974 bits per heavy atom. The smallest absolute Gasteiger partial charge is 0.408 e. The number of hydrogen-bond acceptors (Lipinski definition) is 5. The van der Waals surface area contributed by atoms with Gasteiger partial charge in [-0.2, -0.15) is 0 Å². The van der Waals surface area contributed by atoms with Crippen molar-refractivity contribution in [3.63, 3.8) is 0 Å². The summed E-state index contributed by atoms with van der Waals surface area (Å²) in [5.74, 6) is -1.80. The Hall–Kier alpha value is -3.56. The number of benzene rings is 1. The van der Waals surface area contributed by atoms with E-state index < -0.39 is 47.5 Å². The van der Waals surface area contributed by atoms with Crippen LogP contribution in [0.1, 0.15) is 66.9 Å². The lowest BCUT2D eigenvalue weighted by Gasteiger charge is -2.28. The maximum atomic E-state index is 13.6. The minimum absolute atomic E-state index is 0.128. The van der Waals surface area contributed by atoms with Gasteiger partial charge in [-0.25, -0.2) is 4.79 Å². The maximum absolute atomic E-state index is 13.6. The first-order valence-electron chi connectivity index (χ1n) is 13.2. The highest BCUT2D eigenvalue weighted by atomic mass is 16.6. The highest BCUT2D eigenvalue weighted by molar-refractivity contribution is 5.94. The number of carbonyl (C=O) groups excluding carboxylic acids is 4. The van der Waals surface area contributed by atoms with Gasteiger partial charge in [-0.15, -0.1) is 0 Å². The van der Waals surface area contributed by atoms with Gasteiger partial charge in [0.25, 0.3) is 0 Å². The summed E-state index contributed by atoms with van der Waals surface area (Å²) in [7, 11) is 0. The van der Waals surface area contributed by atoms with Crippen LogP contribution in [-0.2, 0) is 25.5 Å². The summed E-state index contributed by atoms with van der Waals surface area (Å²) >= 11 is 0. The van der Waals surface area contributed by atoms with Gasteiger partial charge in [-0.1, -0.05) is 52.3 Å². The van der Waals surface area contributed by atoms with Crippen molar-refractivity contribution in [3.05, 3.63) is 36.0 Å². The van der Waals surface area contributed by atoms with Crippen molar-refractivity contribution >= 4 is 34.7 Å². The maximum Gasteiger partial charge on any atom is 0.408 e. The van der Waals surface area contributed by atoms with Gasteiger partial charge in [0.2, 0.25) is 17.7 Å². The summed E-state index contributed by atoms with van der Waals surface area (Å²) in [5.41, 5.74) is 6.48. The fraction of sp³-hybridized carbons (Fsp3) is 0.571. The molecule has 10 heteroatoms. The summed E-state index contributed by atoms with van der Waals surface area (Å²) in [6.45, 7) is 12.8. The van der Waals surface area contributed by atoms with Crippen LogP contribution in [-0.4, -0.2) is 52.5 Å². The molecular weight excluding hydrogens is 486 g/mol. The fourth-order valence-electron chi connectivity index (χ4n) is 4.11. The average Bonchev–Trinajstić information content (AvgIpc) is 3.22. The molecule has 1 aromatic heterocycles. The molecule has 0 radical (unpaired) electrons. The van der Waals surface area contributed by atoms with Crippen molar-refractivity contribution < 1.29 is 23.9 Å². The minimum Gasteiger partial charge on any atom is -0.444 e. The van der Waals surface area contributed by atoms with Gasteiger partial charge in [-0.05, 0) is 50.7 Å². The topological polar surface area (TPSA) is 155 Å². The lowest BCUT2D eigenvalue weighted by Crippen LogP contribution is -2.58. The number of alkyl carbamates (subject to hydrolysis) is 1. The predicted octanol–water partition coefficient (Wildman–Crippen LogP) is 3.15. The number of aromatic nitrogens is 1. The van der Waals surface area contributed by atoms with Crippen molar-refractivity contribution in [1.29, 1.82) is 0 Å². The van der Waals surface area contributed by atoms with E-state index in [-0.39, 0.29) is 18.3 Å². The van der Waals surface area contributed by atoms with Crippen molar-refractivity contribution in [2.45, 2.75) is 91.5 Å². The third-order valence-corrected chi connectivity index (χ3v) is 6.27. The first-order valence-corrected chi connectivity index (χ1v) is 13.2. The number of aromatic amines is 1. The number of para-hydroxylation sites is 1. The first kappa shape index (κ1) is 30.7. The summed E-state index contributed by atoms with van der Waals surface area (Å²) in [6.07, 6.45) is 2.19. The van der Waals surface area contributed by atoms with E-state index in [9.17, 15) is 19.2 Å². The van der Waals surface area contributed by atoms with Gasteiger partial charge in [-0.3, -0.25) is 14.4 Å². The molecule has 0 aliphatic heterocycles. The molecule has 2 rings (SSSR count). The van der Waals surface area contributed by atoms with Gasteiger partial charge in [0.15, 0.2) is 0 Å². The molecule has 6 N–H and O–H groups in total. The van der Waals surface area contributed by atoms with Gasteiger partial charge >= 0.3 is 6.09 Å². The zero-order chi connectivity index (χ0) is 28.6. The molecule has 4 atom stereocenters. The number of primary amides is 1. The second kappa shape index (κ2) is 13.3. The molecule has 0 saturated heterocycles. The number of hydrogen-bond donors (Lipinski definition) is 5. The molecule has 0 fully saturated rings. The Morgan fingerprint density at radius 2 is 1.63 bits per heavy atom. The normalized spacial score (nSPS) is 14.8. The van der Waals surface area contributed by atoms with Crippen LogP contribution in [0.3, 0.4) is 0 Å². The molecular formula is C28H43N5O5. The highest BCUT2D eigenvalue weighted by Gasteiger charge is 2.33. The molecule has 10 nitrogen and oxygen atoms in total. The first-order chi connectivity index (χ1) is 17.7. The Bertz CT molecular complexity index is 1120. The summed E-state index contributed by atoms with van der Waals surface area (Å²) < 4.78 is 5.39. The molecule has 2 aromatic rings. The summed E-state index contributed by atoms with van der Waals surface area (Å²) in [4.78, 5) is 54.6. The molecule has 0 aliphatic carbocycles. The third-order valence-electron chi connectivity index (χ3n) is 6.27. The number of carbonyl (C=O) groups is 4. The van der Waals surface area contributed by atoms with Gasteiger partial charge in [0, 0.05) is 23.5 Å². The second-order valence-electron chi connectivity index (χ2n) is 11.2. The van der Waals surface area contributed by atoms with Gasteiger partial charge in [0.05, 0.1) is 0 Å². The van der Waals surface area contributed by atoms with E-state index in [2.05, 4.69) is 20.9 Å². The zero-order valence-corrected chi connectivity index (χ0v) is 23.5. The Labute approximate surface area is 224 Å². The largest absolute Gasteiger partial charge is 0.444 e. The standard InChI is InChI=1S/C28H43N5O5/c1-8-17(4)23(26(36)31-21(24(29)34)13-16(2)3)33-25(35)22(32-27(37)38-28(5,6)7)14-18-15-30-20-12-10-9-11-19(18)20/h9-12,15-17,21-23,30H,8,13-14H2,1-7H3,(H2,29,34)(H,31,36)(H,32,37)(H,33,35)/t17-,21-,22+,23-/m0/s1. The van der Waals surface area contributed by atoms with Crippen LogP contribution >= 0.6 is 0 Å². The number of rotatable bonds is 12. The number of ether oxygens (including phenoxy) is 1. The van der Waals surface area contributed by atoms with Crippen molar-refractivity contribution in [2.75, 3.05) is 0 Å². The molecule has 1 aromatic carbocycles. The Kier molecular flexibility index (Phi) is 10.7. The highest BCUT2D eigenvalue weighted by Crippen LogP contribution is 2.20. The van der Waals surface area contributed by atoms with Crippen LogP contribution in [0, 0.1) is 11.8 Å². The minimum atomic E-state index is -1.02. The number of fused-ring (bicyclic) bond motifs is 1. The Morgan fingerprint density at radius 3 is 2.21 bits per heavy atom. The van der Waals surface area contributed by atoms with Crippen molar-refractivity contribution in [2.24, 2.45) is 17.6 Å². The van der Waals surface area contributed by atoms with Crippen LogP contribution in [0.25, 0.3) is 10.9 Å². The monoisotopic (exact) mass is 529 g/mol. The van der Waals surface area contributed by atoms with E-state index in [1.54, 1.807) is 27.0 Å². The van der Waals surface area contributed by atoms with E-state index in [1.165, 1.54) is 0 Å². The van der Waals surface area contributed by atoms with E-state index in [4.69, 9.17) is 10.5 Å². The number of nitrogens with one attached hydrogen (secondary N) is 4. The van der Waals surface area contributed by atoms with Gasteiger partial charge < -0.3 is 31.4 Å². The molecule has 0 saturated carbocycles. The summed E-state index contributed by atoms with van der Waals surface area (Å²) in [5, 5.41) is 9.11. The van der Waals surface area contributed by atoms with E-state index in [0.717, 1.165) is 16.5 Å². The van der Waals surface area contributed by atoms with Crippen molar-refractivity contribution in [3.8, 4) is 0 Å². The lowest BCUT2D eigenvalue weighted by atomic mass is 9.96. The SMILES string of the molecule is CC[C@H](C)[C@H](NC(=O)[C@@H](Cc1c[nH]c2ccccc12)NC(=O)OC(C)(C)C)C(=O)N[C@@H](CC(C)C)C(N)=O. The zero-order valence-electron chi connectivity index (χ0n) is 23.5. The molecule has 0 unspecified atom stereocenters. The van der Waals surface area contributed by atoms with Crippen LogP contribution < -0.4 is 21.7 Å². The van der Waals surface area contributed by atoms with E-state index >= 15 is 0 Å². The lowest BCUT2D eigenvalue weighted by molar-refractivity contribution is -0.133.